The summed E-state index contributed by atoms with van der Waals surface area (Å²) >= 11 is 0. The van der Waals surface area contributed by atoms with Crippen LogP contribution in [-0.2, 0) is 10.0 Å². The molecule has 1 atom stereocenters. The summed E-state index contributed by atoms with van der Waals surface area (Å²) in [4.78, 5) is 0. The van der Waals surface area contributed by atoms with Gasteiger partial charge in [-0.05, 0) is 43.0 Å². The Kier molecular flexibility index (Phi) is 4.19. The van der Waals surface area contributed by atoms with Crippen LogP contribution < -0.4 is 4.72 Å². The second-order valence-corrected chi connectivity index (χ2v) is 7.03. The molecule has 0 unspecified atom stereocenters. The first-order valence-corrected chi connectivity index (χ1v) is 8.33. The minimum absolute atomic E-state index is 0.338. The van der Waals surface area contributed by atoms with Crippen molar-refractivity contribution < 1.29 is 8.42 Å². The van der Waals surface area contributed by atoms with E-state index in [1.54, 1.807) is 11.6 Å². The first kappa shape index (κ1) is 14.4. The Hall–Kier alpha value is -1.02. The fraction of sp³-hybridized carbons (Fsp3) is 0.909. The van der Waals surface area contributed by atoms with Crippen molar-refractivity contribution in [1.29, 1.82) is 0 Å². The maximum absolute atomic E-state index is 12.2. The predicted octanol–water partition coefficient (Wildman–Crippen LogP) is 1.18. The van der Waals surface area contributed by atoms with Crippen LogP contribution in [0, 0.1) is 0 Å². The molecule has 19 heavy (non-hydrogen) atoms. The summed E-state index contributed by atoms with van der Waals surface area (Å²) in [6, 6.07) is -0.0636. The smallest absolute Gasteiger partial charge is 0.215 e. The van der Waals surface area contributed by atoms with Crippen LogP contribution in [0.15, 0.2) is 0 Å². The highest BCUT2D eigenvalue weighted by Crippen LogP contribution is 2.35. The van der Waals surface area contributed by atoms with Crippen molar-refractivity contribution in [2.24, 2.45) is 0 Å². The van der Waals surface area contributed by atoms with Gasteiger partial charge in [-0.3, -0.25) is 0 Å². The Morgan fingerprint density at radius 1 is 1.37 bits per heavy atom. The van der Waals surface area contributed by atoms with Gasteiger partial charge >= 0.3 is 0 Å². The quantitative estimate of drug-likeness (QED) is 0.813. The summed E-state index contributed by atoms with van der Waals surface area (Å²) in [6.45, 7) is 5.54. The largest absolute Gasteiger partial charge is 0.225 e. The standard InChI is InChI=1S/C11H21N5O2S/c1-4-10(5-2)19(17,18)13-8(3)11-12-14-15-16(11)9-6-7-9/h8-10,13H,4-7H2,1-3H3/t8-/m1/s1. The van der Waals surface area contributed by atoms with Gasteiger partial charge in [0.15, 0.2) is 5.82 Å². The molecule has 1 saturated carbocycles. The Balaban J connectivity index is 2.12. The zero-order valence-corrected chi connectivity index (χ0v) is 12.4. The average molecular weight is 287 g/mol. The summed E-state index contributed by atoms with van der Waals surface area (Å²) in [5, 5.41) is 11.2. The van der Waals surface area contributed by atoms with Crippen LogP contribution in [0.4, 0.5) is 0 Å². The molecule has 1 aliphatic rings. The lowest BCUT2D eigenvalue weighted by Crippen LogP contribution is -2.36. The van der Waals surface area contributed by atoms with Gasteiger partial charge in [-0.2, -0.15) is 0 Å². The maximum atomic E-state index is 12.2. The normalized spacial score (nSPS) is 17.9. The molecule has 1 heterocycles. The first-order chi connectivity index (χ1) is 8.99. The number of hydrogen-bond acceptors (Lipinski definition) is 5. The molecule has 7 nitrogen and oxygen atoms in total. The number of nitrogens with zero attached hydrogens (tertiary/aromatic N) is 4. The van der Waals surface area contributed by atoms with Gasteiger partial charge in [0, 0.05) is 0 Å². The third kappa shape index (κ3) is 3.11. The van der Waals surface area contributed by atoms with E-state index in [1.165, 1.54) is 0 Å². The molecular weight excluding hydrogens is 266 g/mol. The highest BCUT2D eigenvalue weighted by atomic mass is 32.2. The molecule has 1 aromatic rings. The fourth-order valence-electron chi connectivity index (χ4n) is 2.19. The Morgan fingerprint density at radius 2 is 2.00 bits per heavy atom. The molecular formula is C11H21N5O2S. The van der Waals surface area contributed by atoms with E-state index in [1.807, 2.05) is 13.8 Å². The number of tetrazole rings is 1. The van der Waals surface area contributed by atoms with E-state index in [-0.39, 0.29) is 5.25 Å². The Bertz CT molecular complexity index is 519. The van der Waals surface area contributed by atoms with Crippen LogP contribution >= 0.6 is 0 Å². The Morgan fingerprint density at radius 3 is 2.53 bits per heavy atom. The number of hydrogen-bond donors (Lipinski definition) is 1. The molecule has 0 aromatic carbocycles. The van der Waals surface area contributed by atoms with Crippen molar-refractivity contribution in [1.82, 2.24) is 24.9 Å². The molecule has 0 spiro atoms. The van der Waals surface area contributed by atoms with Gasteiger partial charge < -0.3 is 0 Å². The van der Waals surface area contributed by atoms with Crippen LogP contribution in [0.3, 0.4) is 0 Å². The molecule has 1 aliphatic carbocycles. The number of aromatic nitrogens is 4. The van der Waals surface area contributed by atoms with Crippen molar-refractivity contribution >= 4 is 10.0 Å². The van der Waals surface area contributed by atoms with E-state index in [2.05, 4.69) is 20.2 Å². The first-order valence-electron chi connectivity index (χ1n) is 6.78. The van der Waals surface area contributed by atoms with E-state index in [0.717, 1.165) is 12.8 Å². The van der Waals surface area contributed by atoms with Crippen LogP contribution in [0.2, 0.25) is 0 Å². The van der Waals surface area contributed by atoms with Crippen LogP contribution in [0.5, 0.6) is 0 Å². The third-order valence-electron chi connectivity index (χ3n) is 3.49. The second-order valence-electron chi connectivity index (χ2n) is 5.04. The van der Waals surface area contributed by atoms with Crippen molar-refractivity contribution in [2.75, 3.05) is 0 Å². The molecule has 1 fully saturated rings. The topological polar surface area (TPSA) is 89.8 Å². The SMILES string of the molecule is CCC(CC)S(=O)(=O)N[C@H](C)c1nnnn1C1CC1. The minimum atomic E-state index is -3.33. The van der Waals surface area contributed by atoms with Crippen molar-refractivity contribution in [3.05, 3.63) is 5.82 Å². The van der Waals surface area contributed by atoms with Gasteiger partial charge in [-0.1, -0.05) is 13.8 Å². The van der Waals surface area contributed by atoms with Gasteiger partial charge in [-0.25, -0.2) is 17.8 Å². The lowest BCUT2D eigenvalue weighted by atomic mass is 10.3. The molecule has 2 rings (SSSR count). The summed E-state index contributed by atoms with van der Waals surface area (Å²) in [5.41, 5.74) is 0. The van der Waals surface area contributed by atoms with Crippen LogP contribution in [-0.4, -0.2) is 33.9 Å². The Labute approximate surface area is 113 Å². The molecule has 1 N–H and O–H groups in total. The second kappa shape index (κ2) is 5.54. The van der Waals surface area contributed by atoms with E-state index in [9.17, 15) is 8.42 Å². The van der Waals surface area contributed by atoms with Gasteiger partial charge in [0.05, 0.1) is 17.3 Å². The van der Waals surface area contributed by atoms with Crippen molar-refractivity contribution in [3.63, 3.8) is 0 Å². The fourth-order valence-corrected chi connectivity index (χ4v) is 3.86. The average Bonchev–Trinajstić information content (AvgIpc) is 3.07. The number of sulfonamides is 1. The highest BCUT2D eigenvalue weighted by molar-refractivity contribution is 7.90. The molecule has 0 radical (unpaired) electrons. The molecule has 0 amide bonds. The number of nitrogens with one attached hydrogen (secondary N) is 1. The summed E-state index contributed by atoms with van der Waals surface area (Å²) in [6.07, 6.45) is 3.33. The summed E-state index contributed by atoms with van der Waals surface area (Å²) < 4.78 is 28.8. The van der Waals surface area contributed by atoms with E-state index >= 15 is 0 Å². The van der Waals surface area contributed by atoms with Gasteiger partial charge in [-0.15, -0.1) is 5.10 Å². The van der Waals surface area contributed by atoms with Crippen LogP contribution in [0.1, 0.15) is 64.4 Å². The zero-order chi connectivity index (χ0) is 14.0. The molecule has 108 valence electrons. The molecule has 8 heteroatoms. The van der Waals surface area contributed by atoms with Gasteiger partial charge in [0.25, 0.3) is 0 Å². The summed E-state index contributed by atoms with van der Waals surface area (Å²) in [7, 11) is -3.33. The maximum Gasteiger partial charge on any atom is 0.215 e. The van der Waals surface area contributed by atoms with Gasteiger partial charge in [0.1, 0.15) is 0 Å². The monoisotopic (exact) mass is 287 g/mol. The van der Waals surface area contributed by atoms with Crippen molar-refractivity contribution in [3.8, 4) is 0 Å². The summed E-state index contributed by atoms with van der Waals surface area (Å²) in [5.74, 6) is 0.594. The molecule has 0 aliphatic heterocycles. The minimum Gasteiger partial charge on any atom is -0.225 e. The van der Waals surface area contributed by atoms with E-state index in [4.69, 9.17) is 0 Å². The highest BCUT2D eigenvalue weighted by Gasteiger charge is 2.32. The van der Waals surface area contributed by atoms with Gasteiger partial charge in [0.2, 0.25) is 10.0 Å². The van der Waals surface area contributed by atoms with E-state index < -0.39 is 16.1 Å². The lowest BCUT2D eigenvalue weighted by Gasteiger charge is -2.18. The molecule has 0 bridgehead atoms. The molecule has 1 aromatic heterocycles. The third-order valence-corrected chi connectivity index (χ3v) is 5.72. The molecule has 0 saturated heterocycles. The lowest BCUT2D eigenvalue weighted by molar-refractivity contribution is 0.512. The van der Waals surface area contributed by atoms with Crippen molar-refractivity contribution in [2.45, 2.75) is 63.8 Å². The predicted molar refractivity (Wildman–Crippen MR) is 70.9 cm³/mol. The van der Waals surface area contributed by atoms with Crippen LogP contribution in [0.25, 0.3) is 0 Å². The zero-order valence-electron chi connectivity index (χ0n) is 11.6. The van der Waals surface area contributed by atoms with E-state index in [0.29, 0.717) is 24.7 Å². The number of rotatable bonds is 7.